The molecule has 0 saturated carbocycles. The van der Waals surface area contributed by atoms with E-state index in [1.807, 2.05) is 11.6 Å². The average Bonchev–Trinajstić information content (AvgIpc) is 2.81. The molecule has 1 atom stereocenters. The van der Waals surface area contributed by atoms with E-state index in [-0.39, 0.29) is 0 Å². The maximum atomic E-state index is 10.5. The molecule has 0 aliphatic carbocycles. The largest absolute Gasteiger partial charge is 0.493 e. The van der Waals surface area contributed by atoms with E-state index in [0.29, 0.717) is 11.7 Å². The van der Waals surface area contributed by atoms with E-state index in [1.165, 1.54) is 0 Å². The Bertz CT molecular complexity index is 337. The van der Waals surface area contributed by atoms with E-state index in [4.69, 9.17) is 4.74 Å². The Morgan fingerprint density at radius 1 is 1.59 bits per heavy atom. The normalized spacial score (nSPS) is 19.2. The quantitative estimate of drug-likeness (QED) is 0.821. The summed E-state index contributed by atoms with van der Waals surface area (Å²) in [4.78, 5) is 0. The van der Waals surface area contributed by atoms with Crippen molar-refractivity contribution in [1.29, 1.82) is 0 Å². The summed E-state index contributed by atoms with van der Waals surface area (Å²) in [5.74, 6) is 0.991. The van der Waals surface area contributed by atoms with Gasteiger partial charge in [-0.25, -0.2) is 0 Å². The standard InChI is InChI=1S/C12H21N3O2/c1-3-15-11(10(17-2)8-14-15)12(16)9-4-6-13-7-5-9/h8-9,12-13,16H,3-7H2,1-2H3. The molecule has 5 heteroatoms. The molecule has 1 aromatic heterocycles. The molecule has 1 fully saturated rings. The Kier molecular flexibility index (Phi) is 4.02. The molecule has 2 N–H and O–H groups in total. The lowest BCUT2D eigenvalue weighted by Crippen LogP contribution is -2.31. The molecule has 2 rings (SSSR count). The van der Waals surface area contributed by atoms with Gasteiger partial charge in [0.25, 0.3) is 0 Å². The van der Waals surface area contributed by atoms with Crippen molar-refractivity contribution in [2.75, 3.05) is 20.2 Å². The van der Waals surface area contributed by atoms with Gasteiger partial charge in [0.1, 0.15) is 11.8 Å². The molecule has 0 amide bonds. The zero-order valence-corrected chi connectivity index (χ0v) is 10.5. The number of hydrogen-bond acceptors (Lipinski definition) is 4. The average molecular weight is 239 g/mol. The fraction of sp³-hybridized carbons (Fsp3) is 0.750. The first kappa shape index (κ1) is 12.4. The van der Waals surface area contributed by atoms with Gasteiger partial charge in [0.2, 0.25) is 0 Å². The Morgan fingerprint density at radius 3 is 2.88 bits per heavy atom. The summed E-state index contributed by atoms with van der Waals surface area (Å²) in [6.45, 7) is 4.72. The number of piperidine rings is 1. The lowest BCUT2D eigenvalue weighted by molar-refractivity contribution is 0.0783. The van der Waals surface area contributed by atoms with Crippen molar-refractivity contribution >= 4 is 0 Å². The zero-order valence-electron chi connectivity index (χ0n) is 10.5. The van der Waals surface area contributed by atoms with E-state index in [2.05, 4.69) is 10.4 Å². The van der Waals surface area contributed by atoms with Crippen LogP contribution in [0.5, 0.6) is 5.75 Å². The van der Waals surface area contributed by atoms with E-state index in [0.717, 1.165) is 38.2 Å². The minimum atomic E-state index is -0.477. The van der Waals surface area contributed by atoms with Crippen LogP contribution in [-0.4, -0.2) is 35.1 Å². The van der Waals surface area contributed by atoms with Crippen LogP contribution in [0.25, 0.3) is 0 Å². The highest BCUT2D eigenvalue weighted by Gasteiger charge is 2.28. The van der Waals surface area contributed by atoms with Gasteiger partial charge in [-0.2, -0.15) is 5.10 Å². The highest BCUT2D eigenvalue weighted by atomic mass is 16.5. The molecule has 1 aromatic rings. The summed E-state index contributed by atoms with van der Waals surface area (Å²) in [5.41, 5.74) is 0.821. The van der Waals surface area contributed by atoms with Crippen LogP contribution in [0.4, 0.5) is 0 Å². The molecular weight excluding hydrogens is 218 g/mol. The summed E-state index contributed by atoms with van der Waals surface area (Å²) >= 11 is 0. The number of methoxy groups -OCH3 is 1. The van der Waals surface area contributed by atoms with Crippen LogP contribution >= 0.6 is 0 Å². The number of aliphatic hydroxyl groups excluding tert-OH is 1. The van der Waals surface area contributed by atoms with E-state index in [9.17, 15) is 5.11 Å². The second-order valence-electron chi connectivity index (χ2n) is 4.45. The molecule has 1 aliphatic heterocycles. The van der Waals surface area contributed by atoms with Crippen LogP contribution in [0.15, 0.2) is 6.20 Å². The highest BCUT2D eigenvalue weighted by molar-refractivity contribution is 5.27. The first-order valence-corrected chi connectivity index (χ1v) is 6.26. The molecule has 0 spiro atoms. The second kappa shape index (κ2) is 5.51. The number of hydrogen-bond donors (Lipinski definition) is 2. The fourth-order valence-corrected chi connectivity index (χ4v) is 2.47. The predicted molar refractivity (Wildman–Crippen MR) is 65.0 cm³/mol. The Balaban J connectivity index is 2.21. The summed E-state index contributed by atoms with van der Waals surface area (Å²) in [6, 6.07) is 0. The number of ether oxygens (including phenoxy) is 1. The summed E-state index contributed by atoms with van der Waals surface area (Å²) in [7, 11) is 1.62. The van der Waals surface area contributed by atoms with E-state index < -0.39 is 6.10 Å². The Labute approximate surface area is 102 Å². The maximum absolute atomic E-state index is 10.5. The molecular formula is C12H21N3O2. The molecule has 5 nitrogen and oxygen atoms in total. The first-order chi connectivity index (χ1) is 8.27. The molecule has 2 heterocycles. The van der Waals surface area contributed by atoms with Gasteiger partial charge in [-0.3, -0.25) is 4.68 Å². The van der Waals surface area contributed by atoms with Crippen LogP contribution in [0.3, 0.4) is 0 Å². The van der Waals surface area contributed by atoms with Crippen LogP contribution in [0, 0.1) is 5.92 Å². The minimum absolute atomic E-state index is 0.298. The number of aryl methyl sites for hydroxylation is 1. The molecule has 1 aliphatic rings. The van der Waals surface area contributed by atoms with Crippen LogP contribution in [0.1, 0.15) is 31.6 Å². The van der Waals surface area contributed by atoms with Gasteiger partial charge < -0.3 is 15.2 Å². The van der Waals surface area contributed by atoms with Crippen molar-refractivity contribution < 1.29 is 9.84 Å². The maximum Gasteiger partial charge on any atom is 0.162 e. The Morgan fingerprint density at radius 2 is 2.29 bits per heavy atom. The predicted octanol–water partition coefficient (Wildman–Crippen LogP) is 0.945. The lowest BCUT2D eigenvalue weighted by atomic mass is 9.90. The monoisotopic (exact) mass is 239 g/mol. The number of rotatable bonds is 4. The molecule has 17 heavy (non-hydrogen) atoms. The molecule has 96 valence electrons. The highest BCUT2D eigenvalue weighted by Crippen LogP contribution is 2.33. The number of aliphatic hydroxyl groups is 1. The van der Waals surface area contributed by atoms with Gasteiger partial charge in [-0.1, -0.05) is 0 Å². The Hall–Kier alpha value is -1.07. The van der Waals surface area contributed by atoms with Gasteiger partial charge in [-0.05, 0) is 38.8 Å². The molecule has 0 bridgehead atoms. The van der Waals surface area contributed by atoms with Crippen molar-refractivity contribution in [3.8, 4) is 5.75 Å². The van der Waals surface area contributed by atoms with Gasteiger partial charge >= 0.3 is 0 Å². The summed E-state index contributed by atoms with van der Waals surface area (Å²) < 4.78 is 7.11. The van der Waals surface area contributed by atoms with E-state index in [1.54, 1.807) is 13.3 Å². The molecule has 0 radical (unpaired) electrons. The van der Waals surface area contributed by atoms with Crippen molar-refractivity contribution in [3.63, 3.8) is 0 Å². The molecule has 1 unspecified atom stereocenters. The zero-order chi connectivity index (χ0) is 12.3. The fourth-order valence-electron chi connectivity index (χ4n) is 2.47. The topological polar surface area (TPSA) is 59.3 Å². The minimum Gasteiger partial charge on any atom is -0.493 e. The smallest absolute Gasteiger partial charge is 0.162 e. The third-order valence-corrected chi connectivity index (χ3v) is 3.47. The number of nitrogens with one attached hydrogen (secondary N) is 1. The van der Waals surface area contributed by atoms with Gasteiger partial charge in [-0.15, -0.1) is 0 Å². The second-order valence-corrected chi connectivity index (χ2v) is 4.45. The SMILES string of the molecule is CCn1ncc(OC)c1C(O)C1CCNCC1. The van der Waals surface area contributed by atoms with Crippen molar-refractivity contribution in [2.45, 2.75) is 32.4 Å². The third-order valence-electron chi connectivity index (χ3n) is 3.47. The van der Waals surface area contributed by atoms with Gasteiger partial charge in [0, 0.05) is 6.54 Å². The molecule has 0 aromatic carbocycles. The van der Waals surface area contributed by atoms with Crippen LogP contribution < -0.4 is 10.1 Å². The van der Waals surface area contributed by atoms with E-state index >= 15 is 0 Å². The van der Waals surface area contributed by atoms with Crippen molar-refractivity contribution in [2.24, 2.45) is 5.92 Å². The number of nitrogens with zero attached hydrogens (tertiary/aromatic N) is 2. The van der Waals surface area contributed by atoms with Gasteiger partial charge in [0.05, 0.1) is 13.3 Å². The lowest BCUT2D eigenvalue weighted by Gasteiger charge is -2.27. The molecule has 1 saturated heterocycles. The number of aromatic nitrogens is 2. The van der Waals surface area contributed by atoms with Crippen LogP contribution in [0.2, 0.25) is 0 Å². The summed E-state index contributed by atoms with van der Waals surface area (Å²) in [5, 5.41) is 18.0. The van der Waals surface area contributed by atoms with Crippen LogP contribution in [-0.2, 0) is 6.54 Å². The first-order valence-electron chi connectivity index (χ1n) is 6.26. The van der Waals surface area contributed by atoms with Gasteiger partial charge in [0.15, 0.2) is 5.75 Å². The summed E-state index contributed by atoms with van der Waals surface area (Å²) in [6.07, 6.45) is 3.20. The van der Waals surface area contributed by atoms with Crippen molar-refractivity contribution in [1.82, 2.24) is 15.1 Å². The van der Waals surface area contributed by atoms with Crippen molar-refractivity contribution in [3.05, 3.63) is 11.9 Å². The third kappa shape index (κ3) is 2.45.